The van der Waals surface area contributed by atoms with E-state index in [2.05, 4.69) is 4.98 Å². The van der Waals surface area contributed by atoms with Gasteiger partial charge in [0.15, 0.2) is 0 Å². The lowest BCUT2D eigenvalue weighted by Gasteiger charge is -2.08. The van der Waals surface area contributed by atoms with Gasteiger partial charge in [-0.25, -0.2) is 9.78 Å². The molecule has 0 aliphatic heterocycles. The molecule has 0 saturated carbocycles. The first kappa shape index (κ1) is 17.9. The molecule has 2 heterocycles. The van der Waals surface area contributed by atoms with E-state index < -0.39 is 5.97 Å². The average molecular weight is 388 g/mol. The first-order valence-electron chi connectivity index (χ1n) is 8.55. The third-order valence-corrected chi connectivity index (χ3v) is 5.45. The van der Waals surface area contributed by atoms with Crippen LogP contribution < -0.4 is 4.74 Å². The van der Waals surface area contributed by atoms with E-state index in [1.807, 2.05) is 48.5 Å². The normalized spacial score (nSPS) is 10.6. The van der Waals surface area contributed by atoms with Crippen molar-refractivity contribution in [1.82, 2.24) is 9.97 Å². The minimum Gasteiger partial charge on any atom is -0.496 e. The van der Waals surface area contributed by atoms with Gasteiger partial charge in [0.2, 0.25) is 0 Å². The van der Waals surface area contributed by atoms with E-state index in [0.29, 0.717) is 5.75 Å². The van der Waals surface area contributed by atoms with Crippen molar-refractivity contribution in [2.24, 2.45) is 0 Å². The molecule has 2 aromatic heterocycles. The van der Waals surface area contributed by atoms with Crippen LogP contribution >= 0.6 is 11.3 Å². The van der Waals surface area contributed by atoms with Crippen molar-refractivity contribution < 1.29 is 14.6 Å². The Morgan fingerprint density at radius 3 is 2.39 bits per heavy atom. The Morgan fingerprint density at radius 2 is 1.71 bits per heavy atom. The molecular weight excluding hydrogens is 372 g/mol. The molecule has 0 fully saturated rings. The van der Waals surface area contributed by atoms with Gasteiger partial charge in [-0.3, -0.25) is 4.98 Å². The molecule has 0 bridgehead atoms. The van der Waals surface area contributed by atoms with Crippen molar-refractivity contribution in [3.05, 3.63) is 78.6 Å². The molecule has 0 saturated heterocycles. The van der Waals surface area contributed by atoms with Gasteiger partial charge in [0.05, 0.1) is 17.7 Å². The summed E-state index contributed by atoms with van der Waals surface area (Å²) in [5.74, 6) is -0.702. The molecule has 4 rings (SSSR count). The average Bonchev–Trinajstić information content (AvgIpc) is 3.20. The molecule has 1 N–H and O–H groups in total. The predicted molar refractivity (Wildman–Crippen MR) is 110 cm³/mol. The van der Waals surface area contributed by atoms with Gasteiger partial charge in [-0.1, -0.05) is 30.3 Å². The maximum atomic E-state index is 11.6. The topological polar surface area (TPSA) is 72.3 Å². The molecule has 5 nitrogen and oxygen atoms in total. The molecular formula is C22H16N2O3S. The summed E-state index contributed by atoms with van der Waals surface area (Å²) in [4.78, 5) is 21.5. The zero-order valence-corrected chi connectivity index (χ0v) is 15.8. The van der Waals surface area contributed by atoms with E-state index in [9.17, 15) is 9.90 Å². The number of aromatic nitrogens is 2. The molecule has 0 unspecified atom stereocenters. The summed E-state index contributed by atoms with van der Waals surface area (Å²) in [5.41, 5.74) is 3.64. The zero-order valence-electron chi connectivity index (χ0n) is 15.0. The first-order valence-corrected chi connectivity index (χ1v) is 9.37. The Kier molecular flexibility index (Phi) is 4.87. The third-order valence-electron chi connectivity index (χ3n) is 4.29. The second kappa shape index (κ2) is 7.62. The summed E-state index contributed by atoms with van der Waals surface area (Å²) in [6, 6.07) is 18.9. The molecule has 138 valence electrons. The summed E-state index contributed by atoms with van der Waals surface area (Å²) in [5, 5.41) is 10.4. The van der Waals surface area contributed by atoms with E-state index in [-0.39, 0.29) is 5.56 Å². The van der Waals surface area contributed by atoms with Crippen molar-refractivity contribution in [3.63, 3.8) is 0 Å². The molecule has 28 heavy (non-hydrogen) atoms. The van der Waals surface area contributed by atoms with E-state index in [1.54, 1.807) is 24.5 Å². The number of carbonyl (C=O) groups is 1. The Hall–Kier alpha value is -3.51. The number of rotatable bonds is 5. The Morgan fingerprint density at radius 1 is 0.964 bits per heavy atom. The number of aromatic carboxylic acids is 1. The van der Waals surface area contributed by atoms with Crippen molar-refractivity contribution in [2.75, 3.05) is 7.11 Å². The van der Waals surface area contributed by atoms with Crippen molar-refractivity contribution >= 4 is 17.3 Å². The second-order valence-electron chi connectivity index (χ2n) is 6.02. The molecule has 0 aliphatic carbocycles. The van der Waals surface area contributed by atoms with Gasteiger partial charge >= 0.3 is 5.97 Å². The van der Waals surface area contributed by atoms with E-state index in [0.717, 1.165) is 32.3 Å². The lowest BCUT2D eigenvalue weighted by Crippen LogP contribution is -2.00. The SMILES string of the molecule is COc1ccc(-c2sc(-c3ccccc3)nc2-c2ccncc2)cc1C(=O)O. The summed E-state index contributed by atoms with van der Waals surface area (Å²) in [6.45, 7) is 0. The van der Waals surface area contributed by atoms with E-state index in [4.69, 9.17) is 9.72 Å². The van der Waals surface area contributed by atoms with Crippen LogP contribution in [0.1, 0.15) is 10.4 Å². The van der Waals surface area contributed by atoms with Crippen LogP contribution in [0.25, 0.3) is 32.3 Å². The third kappa shape index (κ3) is 3.37. The summed E-state index contributed by atoms with van der Waals surface area (Å²) >= 11 is 1.53. The number of thiazole rings is 1. The smallest absolute Gasteiger partial charge is 0.339 e. The van der Waals surface area contributed by atoms with Gasteiger partial charge in [0.1, 0.15) is 16.3 Å². The highest BCUT2D eigenvalue weighted by Gasteiger charge is 2.19. The molecule has 0 aliphatic rings. The quantitative estimate of drug-likeness (QED) is 0.506. The molecule has 0 radical (unpaired) electrons. The number of hydrogen-bond donors (Lipinski definition) is 1. The molecule has 0 spiro atoms. The highest BCUT2D eigenvalue weighted by Crippen LogP contribution is 2.41. The number of hydrogen-bond acceptors (Lipinski definition) is 5. The highest BCUT2D eigenvalue weighted by molar-refractivity contribution is 7.19. The van der Waals surface area contributed by atoms with Gasteiger partial charge in [-0.05, 0) is 35.9 Å². The van der Waals surface area contributed by atoms with Gasteiger partial charge in [-0.2, -0.15) is 0 Å². The maximum absolute atomic E-state index is 11.6. The summed E-state index contributed by atoms with van der Waals surface area (Å²) in [7, 11) is 1.46. The van der Waals surface area contributed by atoms with Gasteiger partial charge in [0, 0.05) is 23.5 Å². The molecule has 0 atom stereocenters. The first-order chi connectivity index (χ1) is 13.7. The van der Waals surface area contributed by atoms with Crippen LogP contribution in [0.15, 0.2) is 73.1 Å². The fourth-order valence-electron chi connectivity index (χ4n) is 2.94. The largest absolute Gasteiger partial charge is 0.496 e. The molecule has 4 aromatic rings. The Balaban J connectivity index is 1.92. The number of methoxy groups -OCH3 is 1. The van der Waals surface area contributed by atoms with Crippen molar-refractivity contribution in [2.45, 2.75) is 0 Å². The number of benzene rings is 2. The highest BCUT2D eigenvalue weighted by atomic mass is 32.1. The molecule has 6 heteroatoms. The van der Waals surface area contributed by atoms with Crippen LogP contribution in [0, 0.1) is 0 Å². The van der Waals surface area contributed by atoms with Crippen LogP contribution in [-0.4, -0.2) is 28.2 Å². The van der Waals surface area contributed by atoms with Crippen LogP contribution in [0.3, 0.4) is 0 Å². The fraction of sp³-hybridized carbons (Fsp3) is 0.0455. The van der Waals surface area contributed by atoms with Gasteiger partial charge in [-0.15, -0.1) is 11.3 Å². The number of carboxylic acids is 1. The Bertz CT molecular complexity index is 1130. The fourth-order valence-corrected chi connectivity index (χ4v) is 4.03. The lowest BCUT2D eigenvalue weighted by atomic mass is 10.0. The molecule has 0 amide bonds. The number of nitrogens with zero attached hydrogens (tertiary/aromatic N) is 2. The van der Waals surface area contributed by atoms with Crippen LogP contribution in [0.4, 0.5) is 0 Å². The summed E-state index contributed by atoms with van der Waals surface area (Å²) < 4.78 is 5.19. The zero-order chi connectivity index (χ0) is 19.5. The standard InChI is InChI=1S/C22H16N2O3S/c1-27-18-8-7-16(13-17(18)22(25)26)20-19(14-9-11-23-12-10-14)24-21(28-20)15-5-3-2-4-6-15/h2-13H,1H3,(H,25,26). The van der Waals surface area contributed by atoms with Crippen molar-refractivity contribution in [1.29, 1.82) is 0 Å². The maximum Gasteiger partial charge on any atom is 0.339 e. The van der Waals surface area contributed by atoms with Crippen LogP contribution in [0.5, 0.6) is 5.75 Å². The van der Waals surface area contributed by atoms with Gasteiger partial charge < -0.3 is 9.84 Å². The van der Waals surface area contributed by atoms with E-state index in [1.165, 1.54) is 18.4 Å². The monoisotopic (exact) mass is 388 g/mol. The number of ether oxygens (including phenoxy) is 1. The van der Waals surface area contributed by atoms with E-state index >= 15 is 0 Å². The second-order valence-corrected chi connectivity index (χ2v) is 7.02. The van der Waals surface area contributed by atoms with Gasteiger partial charge in [0.25, 0.3) is 0 Å². The minimum atomic E-state index is -1.03. The molecule has 2 aromatic carbocycles. The number of pyridine rings is 1. The predicted octanol–water partition coefficient (Wildman–Crippen LogP) is 5.25. The lowest BCUT2D eigenvalue weighted by molar-refractivity contribution is 0.0693. The minimum absolute atomic E-state index is 0.121. The van der Waals surface area contributed by atoms with Crippen molar-refractivity contribution in [3.8, 4) is 38.0 Å². The van der Waals surface area contributed by atoms with Crippen LogP contribution in [-0.2, 0) is 0 Å². The Labute approximate surface area is 165 Å². The summed E-state index contributed by atoms with van der Waals surface area (Å²) in [6.07, 6.45) is 3.44. The number of carboxylic acid groups (broad SMARTS) is 1. The van der Waals surface area contributed by atoms with Crippen LogP contribution in [0.2, 0.25) is 0 Å².